The molecule has 0 unspecified atom stereocenters. The fourth-order valence-electron chi connectivity index (χ4n) is 4.17. The topological polar surface area (TPSA) is 148 Å². The molecule has 5 N–H and O–H groups in total. The first-order valence-electron chi connectivity index (χ1n) is 14.4. The molecule has 0 bridgehead atoms. The second-order valence-corrected chi connectivity index (χ2v) is 10.8. The van der Waals surface area contributed by atoms with Crippen molar-refractivity contribution in [2.45, 2.75) is 97.6 Å². The van der Waals surface area contributed by atoms with Gasteiger partial charge in [0.2, 0.25) is 5.91 Å². The first-order chi connectivity index (χ1) is 19.9. The normalized spacial score (nSPS) is 24.3. The van der Waals surface area contributed by atoms with Gasteiger partial charge in [0.1, 0.15) is 18.3 Å². The number of amides is 2. The van der Waals surface area contributed by atoms with Crippen LogP contribution in [0.15, 0.2) is 83.7 Å². The van der Waals surface area contributed by atoms with Crippen molar-refractivity contribution in [1.29, 1.82) is 0 Å². The molecule has 0 aromatic rings. The molecule has 0 aliphatic carbocycles. The molecule has 0 saturated heterocycles. The summed E-state index contributed by atoms with van der Waals surface area (Å²) in [6.45, 7) is 9.54. The van der Waals surface area contributed by atoms with Gasteiger partial charge in [-0.1, -0.05) is 66.2 Å². The number of esters is 1. The lowest BCUT2D eigenvalue weighted by Gasteiger charge is -2.22. The highest BCUT2D eigenvalue weighted by Gasteiger charge is 2.21. The number of nitrogens with two attached hydrogens (primary N) is 1. The smallest absolute Gasteiger partial charge is 0.404 e. The molecule has 232 valence electrons. The van der Waals surface area contributed by atoms with Crippen molar-refractivity contribution in [3.63, 3.8) is 0 Å². The number of cyclic esters (lactones) is 1. The first-order valence-corrected chi connectivity index (χ1v) is 14.4. The molecule has 0 aromatic heterocycles. The van der Waals surface area contributed by atoms with Gasteiger partial charge in [0.05, 0.1) is 6.10 Å². The highest BCUT2D eigenvalue weighted by molar-refractivity contribution is 5.88. The van der Waals surface area contributed by atoms with Gasteiger partial charge in [-0.05, 0) is 65.9 Å². The van der Waals surface area contributed by atoms with Gasteiger partial charge < -0.3 is 30.7 Å². The number of carbonyl (C=O) groups is 3. The summed E-state index contributed by atoms with van der Waals surface area (Å²) in [5, 5.41) is 23.4. The van der Waals surface area contributed by atoms with Gasteiger partial charge in [-0.15, -0.1) is 0 Å². The van der Waals surface area contributed by atoms with Crippen LogP contribution in [0.25, 0.3) is 0 Å². The van der Waals surface area contributed by atoms with Crippen LogP contribution in [-0.2, 0) is 19.1 Å². The molecule has 0 spiro atoms. The number of rotatable bonds is 6. The van der Waals surface area contributed by atoms with E-state index >= 15 is 0 Å². The number of aliphatic hydroxyl groups is 2. The average Bonchev–Trinajstić information content (AvgIpc) is 2.89. The third-order valence-electron chi connectivity index (χ3n) is 6.33. The molecule has 1 heterocycles. The fraction of sp³-hybridized carbons (Fsp3) is 0.485. The highest BCUT2D eigenvalue weighted by atomic mass is 16.6. The van der Waals surface area contributed by atoms with Gasteiger partial charge >= 0.3 is 12.1 Å². The van der Waals surface area contributed by atoms with Crippen molar-refractivity contribution in [3.8, 4) is 0 Å². The van der Waals surface area contributed by atoms with Crippen molar-refractivity contribution in [3.05, 3.63) is 83.7 Å². The number of nitrogens with one attached hydrogen (secondary N) is 1. The number of primary amides is 1. The summed E-state index contributed by atoms with van der Waals surface area (Å²) in [6.07, 6.45) is 17.3. The van der Waals surface area contributed by atoms with Crippen LogP contribution in [0.5, 0.6) is 0 Å². The Bertz CT molecular complexity index is 1090. The van der Waals surface area contributed by atoms with E-state index in [9.17, 15) is 24.6 Å². The largest absolute Gasteiger partial charge is 0.458 e. The maximum Gasteiger partial charge on any atom is 0.404 e. The predicted molar refractivity (Wildman–Crippen MR) is 165 cm³/mol. The Balaban J connectivity index is 3.09. The van der Waals surface area contributed by atoms with Crippen LogP contribution in [0.1, 0.15) is 73.1 Å². The Morgan fingerprint density at radius 2 is 1.88 bits per heavy atom. The summed E-state index contributed by atoms with van der Waals surface area (Å²) in [5.41, 5.74) is 7.98. The van der Waals surface area contributed by atoms with E-state index in [-0.39, 0.29) is 11.8 Å². The van der Waals surface area contributed by atoms with Crippen LogP contribution in [0.2, 0.25) is 0 Å². The number of aliphatic hydroxyl groups excluding tert-OH is 2. The van der Waals surface area contributed by atoms with E-state index in [4.69, 9.17) is 15.2 Å². The lowest BCUT2D eigenvalue weighted by molar-refractivity contribution is -0.144. The van der Waals surface area contributed by atoms with Crippen molar-refractivity contribution >= 4 is 18.0 Å². The van der Waals surface area contributed by atoms with Crippen molar-refractivity contribution in [1.82, 2.24) is 5.32 Å². The predicted octanol–water partition coefficient (Wildman–Crippen LogP) is 5.23. The van der Waals surface area contributed by atoms with Crippen LogP contribution in [-0.4, -0.2) is 52.6 Å². The van der Waals surface area contributed by atoms with E-state index in [0.717, 1.165) is 16.7 Å². The second kappa shape index (κ2) is 20.2. The molecule has 0 aromatic carbocycles. The van der Waals surface area contributed by atoms with Gasteiger partial charge in [0, 0.05) is 30.7 Å². The lowest BCUT2D eigenvalue weighted by atomic mass is 9.95. The molecule has 42 heavy (non-hydrogen) atoms. The Labute approximate surface area is 250 Å². The van der Waals surface area contributed by atoms with Crippen LogP contribution in [0, 0.1) is 5.92 Å². The summed E-state index contributed by atoms with van der Waals surface area (Å²) < 4.78 is 10.9. The number of hydrogen-bond donors (Lipinski definition) is 4. The molecular formula is C33H48N2O7. The van der Waals surface area contributed by atoms with E-state index in [1.54, 1.807) is 18.4 Å². The Morgan fingerprint density at radius 1 is 1.14 bits per heavy atom. The van der Waals surface area contributed by atoms with E-state index in [2.05, 4.69) is 5.32 Å². The maximum atomic E-state index is 12.6. The number of ether oxygens (including phenoxy) is 2. The quantitative estimate of drug-likeness (QED) is 0.145. The van der Waals surface area contributed by atoms with E-state index in [1.807, 2.05) is 58.9 Å². The third-order valence-corrected chi connectivity index (χ3v) is 6.33. The Kier molecular flexibility index (Phi) is 17.5. The Morgan fingerprint density at radius 3 is 2.57 bits per heavy atom. The number of allylic oxidation sites excluding steroid dienone is 7. The zero-order chi connectivity index (χ0) is 31.5. The minimum Gasteiger partial charge on any atom is -0.458 e. The summed E-state index contributed by atoms with van der Waals surface area (Å²) in [7, 11) is 0. The van der Waals surface area contributed by atoms with Gasteiger partial charge in [-0.25, -0.2) is 9.59 Å². The monoisotopic (exact) mass is 584 g/mol. The molecule has 9 heteroatoms. The molecule has 2 amide bonds. The molecule has 1 aliphatic rings. The minimum atomic E-state index is -1.11. The second-order valence-electron chi connectivity index (χ2n) is 10.8. The van der Waals surface area contributed by atoms with Crippen molar-refractivity contribution in [2.75, 3.05) is 0 Å². The van der Waals surface area contributed by atoms with E-state index < -0.39 is 36.5 Å². The summed E-state index contributed by atoms with van der Waals surface area (Å²) in [4.78, 5) is 35.8. The number of hydrogen-bond acceptors (Lipinski definition) is 7. The van der Waals surface area contributed by atoms with Crippen LogP contribution in [0.3, 0.4) is 0 Å². The zero-order valence-electron chi connectivity index (χ0n) is 25.5. The van der Waals surface area contributed by atoms with Crippen molar-refractivity contribution in [2.24, 2.45) is 11.7 Å². The van der Waals surface area contributed by atoms with Crippen LogP contribution < -0.4 is 11.1 Å². The highest BCUT2D eigenvalue weighted by Crippen LogP contribution is 2.21. The fourth-order valence-corrected chi connectivity index (χ4v) is 4.17. The number of carbonyl (C=O) groups excluding carboxylic acids is 3. The summed E-state index contributed by atoms with van der Waals surface area (Å²) in [5.74, 6) is -0.764. The van der Waals surface area contributed by atoms with Gasteiger partial charge in [-0.2, -0.15) is 0 Å². The maximum absolute atomic E-state index is 12.6. The van der Waals surface area contributed by atoms with Gasteiger partial charge in [0.15, 0.2) is 0 Å². The minimum absolute atomic E-state index is 0.124. The van der Waals surface area contributed by atoms with Crippen LogP contribution >= 0.6 is 0 Å². The molecule has 1 aliphatic heterocycles. The summed E-state index contributed by atoms with van der Waals surface area (Å²) >= 11 is 0. The lowest BCUT2D eigenvalue weighted by Crippen LogP contribution is -2.32. The Hall–Kier alpha value is -3.69. The molecule has 1 rings (SSSR count). The first kappa shape index (κ1) is 36.3. The third kappa shape index (κ3) is 17.2. The molecule has 5 atom stereocenters. The zero-order valence-corrected chi connectivity index (χ0v) is 25.5. The van der Waals surface area contributed by atoms with E-state index in [1.165, 1.54) is 24.3 Å². The van der Waals surface area contributed by atoms with Gasteiger partial charge in [0.25, 0.3) is 0 Å². The van der Waals surface area contributed by atoms with Gasteiger partial charge in [-0.3, -0.25) is 4.79 Å². The van der Waals surface area contributed by atoms with Crippen LogP contribution in [0.4, 0.5) is 4.79 Å². The standard InChI is InChI=1S/C33H48N2O7/c1-23(2)20-31(38)35-19-18-25(4)21-26(5)30-22-24(3)12-8-6-10-14-29(42-33(34)40)28(37)17-16-27(36)13-9-7-11-15-32(39)41-30/h6,8,11-12,15-21,26-30,36-37H,7,9-10,13-14,22H2,1-5H3,(H2,34,40)(H,35,38)/b8-6?,15-11?,17-16?,19-18+,24-12?,25-21-/t26-,27+,28+,29+,30-/m1/s1. The van der Waals surface area contributed by atoms with E-state index in [0.29, 0.717) is 38.5 Å². The molecule has 0 radical (unpaired) electrons. The molecular weight excluding hydrogens is 536 g/mol. The average molecular weight is 585 g/mol. The molecule has 9 nitrogen and oxygen atoms in total. The van der Waals surface area contributed by atoms with Crippen molar-refractivity contribution < 1.29 is 34.1 Å². The SMILES string of the molecule is CC(C)=CC(=O)N/C=C/C(C)=C\[C@@H](C)[C@H]1CC(C)=CC=CCC[C@H](OC(N)=O)[C@@H](O)C=C[C@@H](O)CCCC=CC(=O)O1. The molecule has 0 saturated carbocycles. The summed E-state index contributed by atoms with van der Waals surface area (Å²) in [6, 6.07) is 0. The molecule has 0 fully saturated rings.